The number of aliphatic hydroxyl groups excluding tert-OH is 1. The van der Waals surface area contributed by atoms with Crippen molar-refractivity contribution in [3.05, 3.63) is 46.0 Å². The third-order valence-electron chi connectivity index (χ3n) is 4.78. The lowest BCUT2D eigenvalue weighted by Gasteiger charge is -2.27. The Labute approximate surface area is 174 Å². The molecule has 29 heavy (non-hydrogen) atoms. The number of rotatable bonds is 2. The molecule has 4 rings (SSSR count). The summed E-state index contributed by atoms with van der Waals surface area (Å²) in [4.78, 5) is 32.4. The molecule has 2 aromatic rings. The second kappa shape index (κ2) is 7.62. The first kappa shape index (κ1) is 16.1. The second-order valence-corrected chi connectivity index (χ2v) is 7.10. The molecule has 0 bridgehead atoms. The van der Waals surface area contributed by atoms with Crippen molar-refractivity contribution in [2.45, 2.75) is 25.6 Å². The summed E-state index contributed by atoms with van der Waals surface area (Å²) in [6, 6.07) is 3.27. The molecule has 0 fully saturated rings. The zero-order valence-electron chi connectivity index (χ0n) is 18.1. The van der Waals surface area contributed by atoms with Gasteiger partial charge in [0.2, 0.25) is 0 Å². The van der Waals surface area contributed by atoms with Gasteiger partial charge < -0.3 is 15.3 Å². The van der Waals surface area contributed by atoms with Crippen molar-refractivity contribution >= 4 is 29.2 Å². The molecule has 1 aromatic heterocycles. The topological polar surface area (TPSA) is 99.9 Å². The number of carbonyl (C=O) groups excluding carboxylic acids is 2. The van der Waals surface area contributed by atoms with Crippen molar-refractivity contribution in [2.75, 3.05) is 25.4 Å². The van der Waals surface area contributed by atoms with E-state index in [2.05, 4.69) is 10.4 Å². The fourth-order valence-electron chi connectivity index (χ4n) is 3.36. The monoisotopic (exact) mass is 426 g/mol. The van der Waals surface area contributed by atoms with E-state index in [0.717, 1.165) is 6.07 Å². The van der Waals surface area contributed by atoms with E-state index >= 15 is 0 Å². The fraction of sp³-hybridized carbons (Fsp3) is 0.389. The minimum Gasteiger partial charge on any atom is -0.393 e. The quantitative estimate of drug-likeness (QED) is 0.760. The molecule has 1 unspecified atom stereocenters. The third kappa shape index (κ3) is 3.66. The van der Waals surface area contributed by atoms with Crippen LogP contribution in [-0.4, -0.2) is 63.0 Å². The van der Waals surface area contributed by atoms with Crippen LogP contribution in [0, 0.1) is 5.82 Å². The number of urea groups is 1. The summed E-state index contributed by atoms with van der Waals surface area (Å²) in [6.07, 6.45) is -0.650. The number of aliphatic hydroxyl groups is 1. The minimum absolute atomic E-state index is 0.00417. The number of hydroxylamine groups is 2. The molecule has 3 heterocycles. The van der Waals surface area contributed by atoms with Crippen LogP contribution in [0.25, 0.3) is 0 Å². The molecule has 1 atom stereocenters. The van der Waals surface area contributed by atoms with Crippen molar-refractivity contribution in [1.29, 1.82) is 0 Å². The number of nitrogens with one attached hydrogen (secondary N) is 1. The van der Waals surface area contributed by atoms with Crippen molar-refractivity contribution in [2.24, 2.45) is 0 Å². The van der Waals surface area contributed by atoms with Crippen molar-refractivity contribution in [3.8, 4) is 0 Å². The largest absolute Gasteiger partial charge is 0.393 e. The summed E-state index contributed by atoms with van der Waals surface area (Å²) < 4.78 is 37.5. The molecule has 0 saturated heterocycles. The average molecular weight is 427 g/mol. The van der Waals surface area contributed by atoms with Gasteiger partial charge in [0, 0.05) is 35.3 Å². The zero-order chi connectivity index (χ0) is 23.2. The normalized spacial score (nSPS) is 20.9. The van der Waals surface area contributed by atoms with Crippen LogP contribution in [0.5, 0.6) is 0 Å². The highest BCUT2D eigenvalue weighted by Crippen LogP contribution is 2.27. The van der Waals surface area contributed by atoms with E-state index in [1.54, 1.807) is 0 Å². The van der Waals surface area contributed by atoms with Gasteiger partial charge in [-0.2, -0.15) is 5.10 Å². The van der Waals surface area contributed by atoms with E-state index in [4.69, 9.17) is 20.6 Å². The Morgan fingerprint density at radius 1 is 1.55 bits per heavy atom. The number of amides is 3. The first-order valence-corrected chi connectivity index (χ1v) is 9.18. The van der Waals surface area contributed by atoms with Gasteiger partial charge in [-0.05, 0) is 18.2 Å². The molecule has 0 saturated carbocycles. The molecule has 11 heteroatoms. The number of aromatic nitrogens is 2. The van der Waals surface area contributed by atoms with Crippen molar-refractivity contribution in [3.63, 3.8) is 0 Å². The number of hydrogen-bond acceptors (Lipinski definition) is 5. The molecule has 0 spiro atoms. The first-order chi connectivity index (χ1) is 15.1. The van der Waals surface area contributed by atoms with Crippen LogP contribution < -0.4 is 5.32 Å². The Morgan fingerprint density at radius 2 is 2.38 bits per heavy atom. The predicted octanol–water partition coefficient (Wildman–Crippen LogP) is 1.64. The van der Waals surface area contributed by atoms with E-state index in [1.165, 1.54) is 21.7 Å². The minimum atomic E-state index is -2.90. The summed E-state index contributed by atoms with van der Waals surface area (Å²) >= 11 is 5.75. The number of fused-ring (bicyclic) bond motifs is 3. The summed E-state index contributed by atoms with van der Waals surface area (Å²) in [6.45, 7) is -3.16. The maximum Gasteiger partial charge on any atom is 0.322 e. The summed E-state index contributed by atoms with van der Waals surface area (Å²) in [5.74, 6) is -1.54. The van der Waals surface area contributed by atoms with Gasteiger partial charge in [0.05, 0.1) is 30.4 Å². The van der Waals surface area contributed by atoms with Crippen LogP contribution in [-0.2, 0) is 24.3 Å². The number of hydrogen-bond donors (Lipinski definition) is 2. The Morgan fingerprint density at radius 3 is 3.10 bits per heavy atom. The highest BCUT2D eigenvalue weighted by Gasteiger charge is 2.35. The first-order valence-electron chi connectivity index (χ1n) is 10.3. The van der Waals surface area contributed by atoms with Gasteiger partial charge in [-0.15, -0.1) is 0 Å². The van der Waals surface area contributed by atoms with Crippen LogP contribution in [0.2, 0.25) is 5.02 Å². The van der Waals surface area contributed by atoms with Gasteiger partial charge in [-0.3, -0.25) is 14.3 Å². The summed E-state index contributed by atoms with van der Waals surface area (Å²) in [5.41, 5.74) is 1.26. The molecule has 154 valence electrons. The van der Waals surface area contributed by atoms with Gasteiger partial charge in [0.1, 0.15) is 17.6 Å². The summed E-state index contributed by atoms with van der Waals surface area (Å²) in [7, 11) is 0. The van der Waals surface area contributed by atoms with E-state index in [1.807, 2.05) is 0 Å². The molecule has 9 nitrogen and oxygen atoms in total. The molecule has 2 N–H and O–H groups in total. The second-order valence-electron chi connectivity index (χ2n) is 6.70. The molecule has 1 aromatic carbocycles. The smallest absolute Gasteiger partial charge is 0.322 e. The fourth-order valence-corrected chi connectivity index (χ4v) is 3.54. The highest BCUT2D eigenvalue weighted by molar-refractivity contribution is 6.31. The Bertz CT molecular complexity index is 1080. The number of benzene rings is 1. The number of carbonyl (C=O) groups is 2. The molecule has 3 amide bonds. The predicted molar refractivity (Wildman–Crippen MR) is 101 cm³/mol. The maximum absolute atomic E-state index is 13.4. The molecule has 0 radical (unpaired) electrons. The van der Waals surface area contributed by atoms with Crippen LogP contribution in [0.4, 0.5) is 14.9 Å². The highest BCUT2D eigenvalue weighted by atomic mass is 35.5. The van der Waals surface area contributed by atoms with E-state index in [0.29, 0.717) is 29.9 Å². The molecule has 2 aliphatic rings. The van der Waals surface area contributed by atoms with E-state index in [-0.39, 0.29) is 28.9 Å². The maximum atomic E-state index is 13.4. The zero-order valence-corrected chi connectivity index (χ0v) is 15.8. The van der Waals surface area contributed by atoms with E-state index in [9.17, 15) is 19.1 Å². The lowest BCUT2D eigenvalue weighted by molar-refractivity contribution is -0.159. The van der Waals surface area contributed by atoms with Gasteiger partial charge >= 0.3 is 6.03 Å². The SMILES string of the molecule is [2H]C([2H])([2H])N1OC(CO)Cn2nc3c(c2C1=O)CN(C(=O)Nc1ccc(F)c(Cl)c1)CC3. The van der Waals surface area contributed by atoms with Crippen molar-refractivity contribution < 1.29 is 28.0 Å². The van der Waals surface area contributed by atoms with Gasteiger partial charge in [-0.1, -0.05) is 11.6 Å². The summed E-state index contributed by atoms with van der Waals surface area (Å²) in [5, 5.41) is 16.7. The van der Waals surface area contributed by atoms with Crippen LogP contribution >= 0.6 is 11.6 Å². The van der Waals surface area contributed by atoms with Gasteiger partial charge in [-0.25, -0.2) is 14.2 Å². The molecular formula is C18H19ClFN5O4. The lowest BCUT2D eigenvalue weighted by atomic mass is 10.1. The Balaban J connectivity index is 1.61. The number of halogens is 2. The Kier molecular flexibility index (Phi) is 4.24. The molecular weight excluding hydrogens is 405 g/mol. The number of anilines is 1. The van der Waals surface area contributed by atoms with Gasteiger partial charge in [0.25, 0.3) is 5.91 Å². The molecule has 2 aliphatic heterocycles. The van der Waals surface area contributed by atoms with E-state index < -0.39 is 37.4 Å². The Hall–Kier alpha value is -2.69. The van der Waals surface area contributed by atoms with Crippen LogP contribution in [0.3, 0.4) is 0 Å². The van der Waals surface area contributed by atoms with Crippen LogP contribution in [0.15, 0.2) is 18.2 Å². The lowest BCUT2D eigenvalue weighted by Crippen LogP contribution is -2.39. The number of nitrogens with zero attached hydrogens (tertiary/aromatic N) is 4. The molecule has 0 aliphatic carbocycles. The standard InChI is InChI=1S/C18H19ClFN5O4/c1-23-17(27)16-12-8-24(18(28)21-10-2-3-14(20)13(19)6-10)5-4-15(12)22-25(16)7-11(9-26)29-23/h2-3,6,11,26H,4-5,7-9H2,1H3,(H,21,28)/i1D3. The third-order valence-corrected chi connectivity index (χ3v) is 5.07. The van der Waals surface area contributed by atoms with Crippen LogP contribution in [0.1, 0.15) is 25.9 Å². The van der Waals surface area contributed by atoms with Gasteiger partial charge in [0.15, 0.2) is 0 Å². The van der Waals surface area contributed by atoms with Crippen molar-refractivity contribution in [1.82, 2.24) is 19.7 Å². The average Bonchev–Trinajstić information content (AvgIpc) is 3.01.